The number of aliphatic carboxylic acids is 2. The van der Waals surface area contributed by atoms with E-state index < -0.39 is 24.3 Å². The van der Waals surface area contributed by atoms with Crippen LogP contribution in [0.5, 0.6) is 0 Å². The van der Waals surface area contributed by atoms with E-state index in [1.165, 1.54) is 24.6 Å². The van der Waals surface area contributed by atoms with Crippen LogP contribution in [-0.2, 0) is 25.6 Å². The highest BCUT2D eigenvalue weighted by Crippen LogP contribution is 2.35. The minimum Gasteiger partial charge on any atom is -0.475 e. The average Bonchev–Trinajstić information content (AvgIpc) is 3.60. The topological polar surface area (TPSA) is 109 Å². The first kappa shape index (κ1) is 30.6. The number of aromatic nitrogens is 1. The van der Waals surface area contributed by atoms with Crippen LogP contribution in [-0.4, -0.2) is 82.4 Å². The highest BCUT2D eigenvalue weighted by atomic mass is 19.4. The Kier molecular flexibility index (Phi) is 10.1. The molecule has 0 amide bonds. The van der Waals surface area contributed by atoms with Gasteiger partial charge in [-0.25, -0.2) is 9.59 Å². The van der Waals surface area contributed by atoms with Crippen LogP contribution in [0.2, 0.25) is 0 Å². The van der Waals surface area contributed by atoms with E-state index in [4.69, 9.17) is 34.3 Å². The van der Waals surface area contributed by atoms with E-state index in [0.29, 0.717) is 6.04 Å². The maximum absolute atomic E-state index is 10.6. The van der Waals surface area contributed by atoms with E-state index in [1.54, 1.807) is 0 Å². The van der Waals surface area contributed by atoms with Crippen LogP contribution < -0.4 is 0 Å². The largest absolute Gasteiger partial charge is 0.490 e. The van der Waals surface area contributed by atoms with Gasteiger partial charge >= 0.3 is 24.3 Å². The number of para-hydroxylation sites is 1. The molecule has 3 atom stereocenters. The van der Waals surface area contributed by atoms with E-state index in [9.17, 15) is 26.3 Å². The van der Waals surface area contributed by atoms with Gasteiger partial charge in [0.25, 0.3) is 0 Å². The number of rotatable bonds is 5. The Morgan fingerprint density at radius 2 is 1.56 bits per heavy atom. The molecule has 1 saturated heterocycles. The van der Waals surface area contributed by atoms with Crippen molar-refractivity contribution in [2.45, 2.75) is 62.8 Å². The van der Waals surface area contributed by atoms with Gasteiger partial charge in [0.2, 0.25) is 0 Å². The Bertz CT molecular complexity index is 1100. The van der Waals surface area contributed by atoms with Crippen LogP contribution in [0.4, 0.5) is 26.3 Å². The van der Waals surface area contributed by atoms with Crippen molar-refractivity contribution in [1.82, 2.24) is 9.88 Å². The lowest BCUT2D eigenvalue weighted by molar-refractivity contribution is -0.193. The van der Waals surface area contributed by atoms with E-state index in [0.717, 1.165) is 49.9 Å². The van der Waals surface area contributed by atoms with Gasteiger partial charge in [0.05, 0.1) is 30.0 Å². The lowest BCUT2D eigenvalue weighted by Crippen LogP contribution is -2.51. The van der Waals surface area contributed by atoms with E-state index in [2.05, 4.69) is 41.3 Å². The number of hydrogen-bond acceptors (Lipinski definition) is 6. The number of carboxylic acids is 2. The van der Waals surface area contributed by atoms with Crippen LogP contribution in [0.15, 0.2) is 36.4 Å². The Morgan fingerprint density at radius 1 is 0.949 bits per heavy atom. The van der Waals surface area contributed by atoms with Crippen LogP contribution in [0.1, 0.15) is 31.4 Å². The number of carboxylic acid groups (broad SMARTS) is 2. The summed E-state index contributed by atoms with van der Waals surface area (Å²) in [4.78, 5) is 25.2. The molecule has 2 heterocycles. The first-order valence-corrected chi connectivity index (χ1v) is 12.2. The molecule has 2 saturated carbocycles. The Labute approximate surface area is 219 Å². The number of morpholine rings is 1. The third-order valence-electron chi connectivity index (χ3n) is 6.40. The second-order valence-electron chi connectivity index (χ2n) is 9.37. The van der Waals surface area contributed by atoms with Crippen molar-refractivity contribution in [2.24, 2.45) is 5.92 Å². The van der Waals surface area contributed by atoms with E-state index in [-0.39, 0.29) is 12.2 Å². The first-order valence-electron chi connectivity index (χ1n) is 12.2. The summed E-state index contributed by atoms with van der Waals surface area (Å²) in [6, 6.07) is 13.2. The number of nitrogens with zero attached hydrogens (tertiary/aromatic N) is 2. The van der Waals surface area contributed by atoms with Gasteiger partial charge in [0.15, 0.2) is 0 Å². The van der Waals surface area contributed by atoms with Gasteiger partial charge in [-0.1, -0.05) is 24.3 Å². The molecule has 1 aliphatic heterocycles. The molecule has 14 heteroatoms. The zero-order valence-corrected chi connectivity index (χ0v) is 20.6. The van der Waals surface area contributed by atoms with Crippen molar-refractivity contribution in [3.63, 3.8) is 0 Å². The number of alkyl halides is 6. The Balaban J connectivity index is 0.000000251. The molecule has 5 rings (SSSR count). The summed E-state index contributed by atoms with van der Waals surface area (Å²) in [5.74, 6) is -4.69. The van der Waals surface area contributed by atoms with Crippen LogP contribution in [0.3, 0.4) is 0 Å². The van der Waals surface area contributed by atoms with Gasteiger partial charge in [-0.2, -0.15) is 26.3 Å². The molecule has 0 bridgehead atoms. The van der Waals surface area contributed by atoms with E-state index in [1.807, 2.05) is 0 Å². The van der Waals surface area contributed by atoms with Crippen molar-refractivity contribution >= 4 is 22.8 Å². The number of hydrogen-bond donors (Lipinski definition) is 2. The number of benzene rings is 1. The highest BCUT2D eigenvalue weighted by molar-refractivity contribution is 5.78. The maximum atomic E-state index is 10.6. The summed E-state index contributed by atoms with van der Waals surface area (Å²) >= 11 is 0. The van der Waals surface area contributed by atoms with Gasteiger partial charge in [0, 0.05) is 31.1 Å². The molecule has 0 unspecified atom stereocenters. The fourth-order valence-corrected chi connectivity index (χ4v) is 4.32. The minimum atomic E-state index is -5.08. The average molecular weight is 566 g/mol. The predicted octanol–water partition coefficient (Wildman–Crippen LogP) is 4.66. The quantitative estimate of drug-likeness (QED) is 0.504. The molecule has 3 aliphatic rings. The normalized spacial score (nSPS) is 23.2. The second-order valence-corrected chi connectivity index (χ2v) is 9.37. The van der Waals surface area contributed by atoms with Gasteiger partial charge in [0.1, 0.15) is 0 Å². The molecule has 1 aromatic carbocycles. The molecule has 2 aromatic rings. The van der Waals surface area contributed by atoms with Crippen molar-refractivity contribution in [3.8, 4) is 0 Å². The molecule has 1 aromatic heterocycles. The fraction of sp³-hybridized carbons (Fsp3) is 0.560. The summed E-state index contributed by atoms with van der Waals surface area (Å²) in [5, 5.41) is 15.5. The van der Waals surface area contributed by atoms with Crippen molar-refractivity contribution in [3.05, 3.63) is 42.1 Å². The SMILES string of the molecule is O=C(O)C(F)(F)F.O=C(O)C(F)(F)F.c1ccc2nc(CN3CCO[C@H]4[C@@H](OCC5CC5)CC[C@@H]43)ccc2c1. The first-order chi connectivity index (χ1) is 18.3. The molecule has 0 spiro atoms. The van der Waals surface area contributed by atoms with Crippen LogP contribution in [0.25, 0.3) is 10.9 Å². The molecular weight excluding hydrogens is 538 g/mol. The zero-order chi connectivity index (χ0) is 28.8. The lowest BCUT2D eigenvalue weighted by atomic mass is 10.1. The molecule has 0 radical (unpaired) electrons. The summed E-state index contributed by atoms with van der Waals surface area (Å²) < 4.78 is 75.8. The van der Waals surface area contributed by atoms with Crippen LogP contribution >= 0.6 is 0 Å². The van der Waals surface area contributed by atoms with Gasteiger partial charge < -0.3 is 19.7 Å². The van der Waals surface area contributed by atoms with Gasteiger partial charge in [-0.15, -0.1) is 0 Å². The maximum Gasteiger partial charge on any atom is 0.490 e. The zero-order valence-electron chi connectivity index (χ0n) is 20.6. The van der Waals surface area contributed by atoms with Crippen LogP contribution in [0, 0.1) is 5.92 Å². The molecule has 2 aliphatic carbocycles. The van der Waals surface area contributed by atoms with Crippen molar-refractivity contribution < 1.29 is 55.6 Å². The molecule has 2 N–H and O–H groups in total. The molecule has 8 nitrogen and oxygen atoms in total. The molecular formula is C25H28F6N2O6. The number of halogens is 6. The summed E-state index contributed by atoms with van der Waals surface area (Å²) in [6.07, 6.45) is -4.63. The van der Waals surface area contributed by atoms with Crippen molar-refractivity contribution in [2.75, 3.05) is 19.8 Å². The third-order valence-corrected chi connectivity index (χ3v) is 6.40. The summed E-state index contributed by atoms with van der Waals surface area (Å²) in [5.41, 5.74) is 2.24. The Morgan fingerprint density at radius 3 is 2.15 bits per heavy atom. The summed E-state index contributed by atoms with van der Waals surface area (Å²) in [7, 11) is 0. The summed E-state index contributed by atoms with van der Waals surface area (Å²) in [6.45, 7) is 3.64. The number of ether oxygens (including phenoxy) is 2. The number of carbonyl (C=O) groups is 2. The molecule has 216 valence electrons. The highest BCUT2D eigenvalue weighted by Gasteiger charge is 2.44. The smallest absolute Gasteiger partial charge is 0.475 e. The minimum absolute atomic E-state index is 0.243. The fourth-order valence-electron chi connectivity index (χ4n) is 4.32. The Hall–Kier alpha value is -2.97. The van der Waals surface area contributed by atoms with E-state index >= 15 is 0 Å². The number of fused-ring (bicyclic) bond motifs is 2. The standard InChI is InChI=1S/C21H26N2O2.2C2HF3O2/c1-2-4-18-16(3-1)7-8-17(22-18)13-23-11-12-24-21-19(23)9-10-20(21)25-14-15-5-6-15;2*3-2(4,5)1(6)7/h1-4,7-8,15,19-21H,5-6,9-14H2;2*(H,6,7)/t19-,20-,21+;;/m0../s1. The number of pyridine rings is 1. The predicted molar refractivity (Wildman–Crippen MR) is 125 cm³/mol. The van der Waals surface area contributed by atoms with Gasteiger partial charge in [-0.05, 0) is 43.7 Å². The monoisotopic (exact) mass is 566 g/mol. The molecule has 3 fully saturated rings. The third kappa shape index (κ3) is 9.32. The van der Waals surface area contributed by atoms with Crippen molar-refractivity contribution in [1.29, 1.82) is 0 Å². The molecule has 39 heavy (non-hydrogen) atoms. The second kappa shape index (κ2) is 12.9. The lowest BCUT2D eigenvalue weighted by Gasteiger charge is -2.39. The van der Waals surface area contributed by atoms with Gasteiger partial charge in [-0.3, -0.25) is 9.88 Å².